The van der Waals surface area contributed by atoms with Crippen LogP contribution in [-0.2, 0) is 0 Å². The summed E-state index contributed by atoms with van der Waals surface area (Å²) >= 11 is 0. The first-order valence-electron chi connectivity index (χ1n) is 7.10. The van der Waals surface area contributed by atoms with Gasteiger partial charge in [-0.15, -0.1) is 0 Å². The van der Waals surface area contributed by atoms with E-state index in [0.717, 1.165) is 11.6 Å². The molecule has 0 amide bonds. The van der Waals surface area contributed by atoms with E-state index < -0.39 is 0 Å². The molecule has 1 fully saturated rings. The summed E-state index contributed by atoms with van der Waals surface area (Å²) in [6.45, 7) is 4.50. The fraction of sp³-hybridized carbons (Fsp3) is 0.438. The van der Waals surface area contributed by atoms with Crippen LogP contribution < -0.4 is 5.32 Å². The van der Waals surface area contributed by atoms with Gasteiger partial charge in [0.2, 0.25) is 0 Å². The Balaban J connectivity index is 1.70. The van der Waals surface area contributed by atoms with Crippen LogP contribution in [0.1, 0.15) is 38.3 Å². The molecule has 1 aliphatic carbocycles. The van der Waals surface area contributed by atoms with Crippen molar-refractivity contribution in [3.05, 3.63) is 48.3 Å². The van der Waals surface area contributed by atoms with Crippen molar-refractivity contribution < 1.29 is 0 Å². The summed E-state index contributed by atoms with van der Waals surface area (Å²) in [7, 11) is 0. The third-order valence-electron chi connectivity index (χ3n) is 3.97. The van der Waals surface area contributed by atoms with Crippen LogP contribution >= 0.6 is 0 Å². The van der Waals surface area contributed by atoms with Gasteiger partial charge in [-0.05, 0) is 44.7 Å². The molecule has 3 nitrogen and oxygen atoms in total. The number of hydrogen-bond acceptors (Lipinski definition) is 2. The molecule has 0 bridgehead atoms. The molecule has 1 aromatic heterocycles. The van der Waals surface area contributed by atoms with Crippen LogP contribution in [-0.4, -0.2) is 15.8 Å². The van der Waals surface area contributed by atoms with Crippen LogP contribution in [0.5, 0.6) is 0 Å². The average molecular weight is 255 g/mol. The van der Waals surface area contributed by atoms with Gasteiger partial charge in [0.15, 0.2) is 0 Å². The zero-order valence-corrected chi connectivity index (χ0v) is 11.6. The van der Waals surface area contributed by atoms with E-state index in [-0.39, 0.29) is 0 Å². The summed E-state index contributed by atoms with van der Waals surface area (Å²) in [5.74, 6) is 0.881. The number of nitrogens with one attached hydrogen (secondary N) is 1. The lowest BCUT2D eigenvalue weighted by Crippen LogP contribution is -2.30. The molecule has 2 aromatic rings. The second-order valence-corrected chi connectivity index (χ2v) is 5.57. The number of benzene rings is 1. The molecule has 0 radical (unpaired) electrons. The zero-order valence-electron chi connectivity index (χ0n) is 11.6. The van der Waals surface area contributed by atoms with E-state index >= 15 is 0 Å². The Morgan fingerprint density at radius 3 is 2.63 bits per heavy atom. The van der Waals surface area contributed by atoms with Crippen molar-refractivity contribution in [1.82, 2.24) is 15.1 Å². The van der Waals surface area contributed by atoms with Crippen LogP contribution in [0.15, 0.2) is 42.7 Å². The van der Waals surface area contributed by atoms with Crippen molar-refractivity contribution >= 4 is 0 Å². The van der Waals surface area contributed by atoms with Gasteiger partial charge in [-0.3, -0.25) is 0 Å². The van der Waals surface area contributed by atoms with Gasteiger partial charge in [-0.2, -0.15) is 5.10 Å². The highest BCUT2D eigenvalue weighted by Gasteiger charge is 2.28. The van der Waals surface area contributed by atoms with Crippen LogP contribution in [0.4, 0.5) is 0 Å². The van der Waals surface area contributed by atoms with Crippen molar-refractivity contribution in [3.8, 4) is 5.69 Å². The second kappa shape index (κ2) is 5.17. The van der Waals surface area contributed by atoms with Crippen LogP contribution in [0.25, 0.3) is 5.69 Å². The van der Waals surface area contributed by atoms with Gasteiger partial charge in [0, 0.05) is 23.8 Å². The van der Waals surface area contributed by atoms with Gasteiger partial charge < -0.3 is 5.32 Å². The van der Waals surface area contributed by atoms with Crippen LogP contribution in [0.3, 0.4) is 0 Å². The Bertz CT molecular complexity index is 528. The summed E-state index contributed by atoms with van der Waals surface area (Å²) in [6.07, 6.45) is 6.84. The molecule has 0 saturated heterocycles. The minimum Gasteiger partial charge on any atom is -0.307 e. The number of rotatable bonds is 5. The molecule has 3 rings (SSSR count). The maximum absolute atomic E-state index is 4.45. The van der Waals surface area contributed by atoms with E-state index in [1.54, 1.807) is 0 Å². The van der Waals surface area contributed by atoms with Crippen molar-refractivity contribution in [2.75, 3.05) is 0 Å². The molecular weight excluding hydrogens is 234 g/mol. The molecule has 2 atom stereocenters. The Labute approximate surface area is 114 Å². The highest BCUT2D eigenvalue weighted by atomic mass is 15.3. The minimum atomic E-state index is 0.355. The van der Waals surface area contributed by atoms with Crippen molar-refractivity contribution in [1.29, 1.82) is 0 Å². The van der Waals surface area contributed by atoms with Gasteiger partial charge in [-0.1, -0.05) is 18.2 Å². The largest absolute Gasteiger partial charge is 0.307 e. The third-order valence-corrected chi connectivity index (χ3v) is 3.97. The number of para-hydroxylation sites is 1. The van der Waals surface area contributed by atoms with Gasteiger partial charge >= 0.3 is 0 Å². The number of hydrogen-bond donors (Lipinski definition) is 1. The maximum atomic E-state index is 4.45. The molecule has 1 aromatic carbocycles. The van der Waals surface area contributed by atoms with Crippen molar-refractivity contribution in [2.24, 2.45) is 5.92 Å². The van der Waals surface area contributed by atoms with Crippen LogP contribution in [0.2, 0.25) is 0 Å². The second-order valence-electron chi connectivity index (χ2n) is 5.57. The molecule has 1 heterocycles. The standard InChI is InChI=1S/C16H21N3/c1-12(14-8-9-14)18-13(2)15-10-17-19(11-15)16-6-4-3-5-7-16/h3-7,10-14,18H,8-9H2,1-2H3. The first-order chi connectivity index (χ1) is 9.24. The van der Waals surface area contributed by atoms with E-state index in [9.17, 15) is 0 Å². The molecular formula is C16H21N3. The SMILES string of the molecule is CC(NC(C)C1CC1)c1cnn(-c2ccccc2)c1. The molecule has 1 saturated carbocycles. The summed E-state index contributed by atoms with van der Waals surface area (Å²) < 4.78 is 1.94. The summed E-state index contributed by atoms with van der Waals surface area (Å²) in [5, 5.41) is 8.12. The predicted octanol–water partition coefficient (Wildman–Crippen LogP) is 3.32. The maximum Gasteiger partial charge on any atom is 0.0645 e. The first kappa shape index (κ1) is 12.4. The van der Waals surface area contributed by atoms with E-state index in [1.165, 1.54) is 18.4 Å². The quantitative estimate of drug-likeness (QED) is 0.888. The van der Waals surface area contributed by atoms with E-state index in [2.05, 4.69) is 42.6 Å². The summed E-state index contributed by atoms with van der Waals surface area (Å²) in [4.78, 5) is 0. The number of nitrogens with zero attached hydrogens (tertiary/aromatic N) is 2. The monoisotopic (exact) mass is 255 g/mol. The molecule has 3 heteroatoms. The van der Waals surface area contributed by atoms with Gasteiger partial charge in [0.1, 0.15) is 0 Å². The molecule has 100 valence electrons. The van der Waals surface area contributed by atoms with E-state index in [4.69, 9.17) is 0 Å². The lowest BCUT2D eigenvalue weighted by Gasteiger charge is -2.18. The normalized spacial score (nSPS) is 18.2. The third kappa shape index (κ3) is 2.87. The van der Waals surface area contributed by atoms with Gasteiger partial charge in [0.05, 0.1) is 11.9 Å². The molecule has 0 aliphatic heterocycles. The Hall–Kier alpha value is -1.61. The Kier molecular flexibility index (Phi) is 3.38. The average Bonchev–Trinajstić information content (AvgIpc) is 3.17. The molecule has 0 spiro atoms. The summed E-state index contributed by atoms with van der Waals surface area (Å²) in [6, 6.07) is 11.2. The smallest absolute Gasteiger partial charge is 0.0645 e. The zero-order chi connectivity index (χ0) is 13.2. The summed E-state index contributed by atoms with van der Waals surface area (Å²) in [5.41, 5.74) is 2.35. The van der Waals surface area contributed by atoms with Crippen molar-refractivity contribution in [2.45, 2.75) is 38.8 Å². The first-order valence-corrected chi connectivity index (χ1v) is 7.10. The highest BCUT2D eigenvalue weighted by molar-refractivity contribution is 5.31. The Morgan fingerprint density at radius 1 is 1.21 bits per heavy atom. The molecule has 1 aliphatic rings. The fourth-order valence-corrected chi connectivity index (χ4v) is 2.51. The van der Waals surface area contributed by atoms with E-state index in [1.807, 2.05) is 29.1 Å². The number of aromatic nitrogens is 2. The molecule has 1 N–H and O–H groups in total. The fourth-order valence-electron chi connectivity index (χ4n) is 2.51. The lowest BCUT2D eigenvalue weighted by molar-refractivity contribution is 0.441. The minimum absolute atomic E-state index is 0.355. The topological polar surface area (TPSA) is 29.9 Å². The molecule has 19 heavy (non-hydrogen) atoms. The Morgan fingerprint density at radius 2 is 1.95 bits per heavy atom. The van der Waals surface area contributed by atoms with Gasteiger partial charge in [-0.25, -0.2) is 4.68 Å². The van der Waals surface area contributed by atoms with E-state index in [0.29, 0.717) is 12.1 Å². The van der Waals surface area contributed by atoms with Gasteiger partial charge in [0.25, 0.3) is 0 Å². The highest BCUT2D eigenvalue weighted by Crippen LogP contribution is 2.33. The van der Waals surface area contributed by atoms with Crippen molar-refractivity contribution in [3.63, 3.8) is 0 Å². The predicted molar refractivity (Wildman–Crippen MR) is 77.3 cm³/mol. The van der Waals surface area contributed by atoms with Crippen LogP contribution in [0, 0.1) is 5.92 Å². The lowest BCUT2D eigenvalue weighted by atomic mass is 10.1. The molecule has 2 unspecified atom stereocenters.